The summed E-state index contributed by atoms with van der Waals surface area (Å²) < 4.78 is 11.0. The van der Waals surface area contributed by atoms with Gasteiger partial charge in [-0.1, -0.05) is 17.2 Å². The molecule has 2 aromatic rings. The summed E-state index contributed by atoms with van der Waals surface area (Å²) in [5.41, 5.74) is 1.82. The van der Waals surface area contributed by atoms with Gasteiger partial charge in [-0.3, -0.25) is 4.79 Å². The van der Waals surface area contributed by atoms with Crippen molar-refractivity contribution in [3.8, 4) is 5.75 Å². The van der Waals surface area contributed by atoms with E-state index in [1.54, 1.807) is 7.11 Å². The maximum Gasteiger partial charge on any atom is 0.316 e. The average molecular weight is 396 g/mol. The molecule has 2 saturated carbocycles. The van der Waals surface area contributed by atoms with Crippen molar-refractivity contribution in [2.24, 2.45) is 5.41 Å². The molecule has 0 bridgehead atoms. The fraction of sp³-hybridized carbons (Fsp3) is 0.591. The van der Waals surface area contributed by atoms with Gasteiger partial charge in [0.1, 0.15) is 11.8 Å². The van der Waals surface area contributed by atoms with Crippen molar-refractivity contribution in [3.05, 3.63) is 35.7 Å². The first-order chi connectivity index (χ1) is 14.1. The smallest absolute Gasteiger partial charge is 0.316 e. The molecule has 1 aromatic carbocycles. The Bertz CT molecular complexity index is 880. The molecule has 1 N–H and O–H groups in total. The first kappa shape index (κ1) is 18.5. The van der Waals surface area contributed by atoms with E-state index in [1.807, 2.05) is 24.0 Å². The van der Waals surface area contributed by atoms with Gasteiger partial charge in [0.05, 0.1) is 7.11 Å². The van der Waals surface area contributed by atoms with Gasteiger partial charge in [0.2, 0.25) is 11.8 Å². The minimum absolute atomic E-state index is 0.114. The summed E-state index contributed by atoms with van der Waals surface area (Å²) in [7, 11) is 1.67. The second-order valence-electron chi connectivity index (χ2n) is 8.86. The van der Waals surface area contributed by atoms with Crippen LogP contribution in [0.1, 0.15) is 62.3 Å². The van der Waals surface area contributed by atoms with Crippen LogP contribution in [0.2, 0.25) is 0 Å². The van der Waals surface area contributed by atoms with E-state index < -0.39 is 0 Å². The number of anilines is 1. The van der Waals surface area contributed by atoms with Crippen LogP contribution in [0.3, 0.4) is 0 Å². The number of piperidine rings is 1. The lowest BCUT2D eigenvalue weighted by Crippen LogP contribution is -2.45. The Hall–Kier alpha value is -2.57. The summed E-state index contributed by atoms with van der Waals surface area (Å²) in [6.07, 6.45) is 5.96. The van der Waals surface area contributed by atoms with Gasteiger partial charge in [-0.15, -0.1) is 5.10 Å². The molecule has 1 amide bonds. The third-order valence-corrected chi connectivity index (χ3v) is 6.90. The number of carbonyl (C=O) groups excluding carboxylic acids is 1. The number of amides is 1. The van der Waals surface area contributed by atoms with Gasteiger partial charge in [0.25, 0.3) is 0 Å². The fourth-order valence-electron chi connectivity index (χ4n) is 4.53. The topological polar surface area (TPSA) is 80.5 Å². The number of carbonyl (C=O) groups is 1. The van der Waals surface area contributed by atoms with Crippen molar-refractivity contribution in [3.63, 3.8) is 0 Å². The number of benzene rings is 1. The molecular formula is C22H28N4O3. The first-order valence-corrected chi connectivity index (χ1v) is 10.6. The minimum Gasteiger partial charge on any atom is -0.497 e. The van der Waals surface area contributed by atoms with Crippen molar-refractivity contribution >= 4 is 11.9 Å². The molecule has 3 atom stereocenters. The summed E-state index contributed by atoms with van der Waals surface area (Å²) >= 11 is 0. The van der Waals surface area contributed by atoms with Crippen LogP contribution in [-0.4, -0.2) is 47.2 Å². The second-order valence-corrected chi connectivity index (χ2v) is 8.86. The Balaban J connectivity index is 1.16. The number of rotatable bonds is 6. The molecule has 2 heterocycles. The fourth-order valence-corrected chi connectivity index (χ4v) is 4.53. The number of aromatic nitrogens is 2. The van der Waals surface area contributed by atoms with Crippen molar-refractivity contribution in [1.29, 1.82) is 0 Å². The lowest BCUT2D eigenvalue weighted by atomic mass is 9.93. The number of nitrogens with zero attached hydrogens (tertiary/aromatic N) is 3. The molecule has 2 aliphatic carbocycles. The standard InChI is InChI=1S/C22H28N4O3/c1-14(20(27)26-11-9-22(7-8-22)10-12-26)23-21-25-24-19(29-21)18-13-17(18)15-3-5-16(28-2)6-4-15/h3-6,14,17-18H,7-13H2,1-2H3,(H,23,25)/t14-,17?,18?/m0/s1. The lowest BCUT2D eigenvalue weighted by molar-refractivity contribution is -0.133. The van der Waals surface area contributed by atoms with Gasteiger partial charge in [-0.25, -0.2) is 0 Å². The maximum atomic E-state index is 12.7. The summed E-state index contributed by atoms with van der Waals surface area (Å²) in [6.45, 7) is 3.60. The van der Waals surface area contributed by atoms with Crippen LogP contribution >= 0.6 is 0 Å². The highest BCUT2D eigenvalue weighted by Crippen LogP contribution is 2.55. The normalized spacial score (nSPS) is 25.5. The Morgan fingerprint density at radius 2 is 1.90 bits per heavy atom. The second kappa shape index (κ2) is 7.04. The van der Waals surface area contributed by atoms with Crippen LogP contribution in [-0.2, 0) is 4.79 Å². The van der Waals surface area contributed by atoms with Crippen LogP contribution in [0.4, 0.5) is 6.01 Å². The zero-order valence-electron chi connectivity index (χ0n) is 17.1. The van der Waals surface area contributed by atoms with Crippen LogP contribution in [0.25, 0.3) is 0 Å². The number of hydrogen-bond donors (Lipinski definition) is 1. The number of nitrogens with one attached hydrogen (secondary N) is 1. The molecule has 29 heavy (non-hydrogen) atoms. The largest absolute Gasteiger partial charge is 0.497 e. The SMILES string of the molecule is COc1ccc(C2CC2c2nnc(N[C@@H](C)C(=O)N3CCC4(CC3)CC4)o2)cc1. The predicted octanol–water partition coefficient (Wildman–Crippen LogP) is 3.55. The summed E-state index contributed by atoms with van der Waals surface area (Å²) in [6, 6.07) is 8.09. The van der Waals surface area contributed by atoms with Gasteiger partial charge < -0.3 is 19.4 Å². The van der Waals surface area contributed by atoms with Crippen LogP contribution in [0, 0.1) is 5.41 Å². The first-order valence-electron chi connectivity index (χ1n) is 10.6. The Morgan fingerprint density at radius 1 is 1.17 bits per heavy atom. The molecule has 2 unspecified atom stereocenters. The van der Waals surface area contributed by atoms with E-state index >= 15 is 0 Å². The lowest BCUT2D eigenvalue weighted by Gasteiger charge is -2.33. The third-order valence-electron chi connectivity index (χ3n) is 6.90. The highest BCUT2D eigenvalue weighted by atomic mass is 16.5. The summed E-state index contributed by atoms with van der Waals surface area (Å²) in [4.78, 5) is 14.7. The maximum absolute atomic E-state index is 12.7. The zero-order chi connectivity index (χ0) is 20.0. The molecule has 0 radical (unpaired) electrons. The molecule has 1 spiro atoms. The summed E-state index contributed by atoms with van der Waals surface area (Å²) in [5.74, 6) is 2.25. The Labute approximate surface area is 170 Å². The van der Waals surface area contributed by atoms with Crippen molar-refractivity contribution in [2.45, 2.75) is 56.9 Å². The van der Waals surface area contributed by atoms with E-state index in [2.05, 4.69) is 27.6 Å². The quantitative estimate of drug-likeness (QED) is 0.804. The van der Waals surface area contributed by atoms with Crippen molar-refractivity contribution in [1.82, 2.24) is 15.1 Å². The number of methoxy groups -OCH3 is 1. The van der Waals surface area contributed by atoms with E-state index in [-0.39, 0.29) is 17.9 Å². The zero-order valence-corrected chi connectivity index (χ0v) is 17.1. The molecule has 1 aliphatic heterocycles. The highest BCUT2D eigenvalue weighted by Gasteiger charge is 2.46. The number of hydrogen-bond acceptors (Lipinski definition) is 6. The number of ether oxygens (including phenoxy) is 1. The Kier molecular flexibility index (Phi) is 4.48. The van der Waals surface area contributed by atoms with E-state index in [0.717, 1.165) is 38.1 Å². The molecule has 7 nitrogen and oxygen atoms in total. The van der Waals surface area contributed by atoms with Gasteiger partial charge >= 0.3 is 6.01 Å². The van der Waals surface area contributed by atoms with Gasteiger partial charge in [0, 0.05) is 19.0 Å². The van der Waals surface area contributed by atoms with Gasteiger partial charge in [0.15, 0.2) is 0 Å². The molecule has 3 fully saturated rings. The van der Waals surface area contributed by atoms with E-state index in [0.29, 0.717) is 23.2 Å². The van der Waals surface area contributed by atoms with Crippen LogP contribution in [0.15, 0.2) is 28.7 Å². The molecule has 154 valence electrons. The van der Waals surface area contributed by atoms with Gasteiger partial charge in [-0.2, -0.15) is 0 Å². The van der Waals surface area contributed by atoms with Gasteiger partial charge in [-0.05, 0) is 68.1 Å². The molecule has 3 aliphatic rings. The summed E-state index contributed by atoms with van der Waals surface area (Å²) in [5, 5.41) is 11.4. The molecule has 7 heteroatoms. The average Bonchev–Trinajstić information content (AvgIpc) is 3.67. The highest BCUT2D eigenvalue weighted by molar-refractivity contribution is 5.83. The third kappa shape index (κ3) is 3.70. The Morgan fingerprint density at radius 3 is 2.55 bits per heavy atom. The number of likely N-dealkylation sites (tertiary alicyclic amines) is 1. The predicted molar refractivity (Wildman–Crippen MR) is 108 cm³/mol. The van der Waals surface area contributed by atoms with E-state index in [4.69, 9.17) is 9.15 Å². The molecule has 1 aromatic heterocycles. The van der Waals surface area contributed by atoms with Crippen LogP contribution < -0.4 is 10.1 Å². The monoisotopic (exact) mass is 396 g/mol. The van der Waals surface area contributed by atoms with E-state index in [1.165, 1.54) is 18.4 Å². The van der Waals surface area contributed by atoms with Crippen molar-refractivity contribution in [2.75, 3.05) is 25.5 Å². The van der Waals surface area contributed by atoms with E-state index in [9.17, 15) is 4.79 Å². The molecular weight excluding hydrogens is 368 g/mol. The minimum atomic E-state index is -0.367. The van der Waals surface area contributed by atoms with Crippen molar-refractivity contribution < 1.29 is 13.9 Å². The van der Waals surface area contributed by atoms with Crippen LogP contribution in [0.5, 0.6) is 5.75 Å². The molecule has 1 saturated heterocycles. The molecule has 5 rings (SSSR count).